The molecule has 2 N–H and O–H groups in total. The van der Waals surface area contributed by atoms with Crippen LogP contribution in [0, 0.1) is 5.41 Å². The van der Waals surface area contributed by atoms with Gasteiger partial charge in [-0.15, -0.1) is 0 Å². The Hall–Kier alpha value is -1.22. The summed E-state index contributed by atoms with van der Waals surface area (Å²) in [5.41, 5.74) is 8.49. The van der Waals surface area contributed by atoms with Crippen molar-refractivity contribution >= 4 is 11.4 Å². The van der Waals surface area contributed by atoms with Gasteiger partial charge in [-0.25, -0.2) is 0 Å². The molecule has 0 amide bonds. The van der Waals surface area contributed by atoms with Gasteiger partial charge in [0.15, 0.2) is 0 Å². The Labute approximate surface area is 103 Å². The average Bonchev–Trinajstić information content (AvgIpc) is 2.29. The predicted octanol–water partition coefficient (Wildman–Crippen LogP) is 1.80. The SMILES string of the molecule is CN1CCC2(CC1)CN(c1ccc(N)cc1)C2. The fourth-order valence-electron chi connectivity index (χ4n) is 3.04. The largest absolute Gasteiger partial charge is 0.399 e. The minimum atomic E-state index is 0.605. The topological polar surface area (TPSA) is 32.5 Å². The summed E-state index contributed by atoms with van der Waals surface area (Å²) >= 11 is 0. The maximum Gasteiger partial charge on any atom is 0.0368 e. The normalized spacial score (nSPS) is 23.7. The number of anilines is 2. The van der Waals surface area contributed by atoms with Crippen LogP contribution in [-0.2, 0) is 0 Å². The molecule has 1 spiro atoms. The molecular weight excluding hydrogens is 210 g/mol. The summed E-state index contributed by atoms with van der Waals surface area (Å²) in [5, 5.41) is 0. The molecule has 2 saturated heterocycles. The maximum absolute atomic E-state index is 5.71. The van der Waals surface area contributed by atoms with Crippen molar-refractivity contribution in [2.24, 2.45) is 5.41 Å². The van der Waals surface area contributed by atoms with Crippen molar-refractivity contribution in [1.29, 1.82) is 0 Å². The van der Waals surface area contributed by atoms with E-state index in [-0.39, 0.29) is 0 Å². The van der Waals surface area contributed by atoms with E-state index in [0.717, 1.165) is 5.69 Å². The lowest BCUT2D eigenvalue weighted by Crippen LogP contribution is -2.60. The van der Waals surface area contributed by atoms with Gasteiger partial charge in [0.05, 0.1) is 0 Å². The standard InChI is InChI=1S/C14H21N3/c1-16-8-6-14(7-9-16)10-17(11-14)13-4-2-12(15)3-5-13/h2-5H,6-11,15H2,1H3. The second kappa shape index (κ2) is 3.91. The molecule has 3 nitrogen and oxygen atoms in total. The third-order valence-corrected chi connectivity index (χ3v) is 4.36. The van der Waals surface area contributed by atoms with Gasteiger partial charge in [0.2, 0.25) is 0 Å². The molecule has 0 radical (unpaired) electrons. The summed E-state index contributed by atoms with van der Waals surface area (Å²) in [5.74, 6) is 0. The number of hydrogen-bond acceptors (Lipinski definition) is 3. The highest BCUT2D eigenvalue weighted by Crippen LogP contribution is 2.42. The zero-order valence-electron chi connectivity index (χ0n) is 10.5. The van der Waals surface area contributed by atoms with Gasteiger partial charge in [-0.1, -0.05) is 0 Å². The molecule has 2 fully saturated rings. The summed E-state index contributed by atoms with van der Waals surface area (Å²) in [4.78, 5) is 4.92. The third-order valence-electron chi connectivity index (χ3n) is 4.36. The molecule has 0 bridgehead atoms. The highest BCUT2D eigenvalue weighted by Gasteiger charge is 2.44. The van der Waals surface area contributed by atoms with Crippen LogP contribution in [0.3, 0.4) is 0 Å². The van der Waals surface area contributed by atoms with Gasteiger partial charge >= 0.3 is 0 Å². The molecule has 2 heterocycles. The summed E-state index contributed by atoms with van der Waals surface area (Å²) < 4.78 is 0. The number of likely N-dealkylation sites (tertiary alicyclic amines) is 1. The van der Waals surface area contributed by atoms with Crippen LogP contribution in [0.2, 0.25) is 0 Å². The van der Waals surface area contributed by atoms with Crippen LogP contribution < -0.4 is 10.6 Å². The second-order valence-corrected chi connectivity index (χ2v) is 5.75. The lowest BCUT2D eigenvalue weighted by molar-refractivity contribution is 0.0906. The van der Waals surface area contributed by atoms with Gasteiger partial charge < -0.3 is 15.5 Å². The molecule has 1 aromatic carbocycles. The van der Waals surface area contributed by atoms with Crippen LogP contribution in [0.1, 0.15) is 12.8 Å². The van der Waals surface area contributed by atoms with Crippen LogP contribution in [0.25, 0.3) is 0 Å². The summed E-state index contributed by atoms with van der Waals surface area (Å²) in [7, 11) is 2.23. The number of benzene rings is 1. The number of nitrogen functional groups attached to an aromatic ring is 1. The van der Waals surface area contributed by atoms with Gasteiger partial charge in [-0.05, 0) is 57.2 Å². The van der Waals surface area contributed by atoms with E-state index in [4.69, 9.17) is 5.73 Å². The predicted molar refractivity (Wildman–Crippen MR) is 72.2 cm³/mol. The molecule has 3 rings (SSSR count). The van der Waals surface area contributed by atoms with E-state index in [0.29, 0.717) is 5.41 Å². The first kappa shape index (κ1) is 10.9. The molecule has 0 unspecified atom stereocenters. The minimum Gasteiger partial charge on any atom is -0.399 e. The van der Waals surface area contributed by atoms with Crippen LogP contribution in [-0.4, -0.2) is 38.1 Å². The van der Waals surface area contributed by atoms with Gasteiger partial charge in [-0.3, -0.25) is 0 Å². The highest BCUT2D eigenvalue weighted by molar-refractivity contribution is 5.55. The Bertz CT molecular complexity index is 382. The van der Waals surface area contributed by atoms with Crippen LogP contribution >= 0.6 is 0 Å². The molecular formula is C14H21N3. The van der Waals surface area contributed by atoms with E-state index < -0.39 is 0 Å². The Morgan fingerprint density at radius 2 is 1.65 bits per heavy atom. The smallest absolute Gasteiger partial charge is 0.0368 e. The third kappa shape index (κ3) is 2.00. The van der Waals surface area contributed by atoms with Crippen molar-refractivity contribution in [2.75, 3.05) is 43.9 Å². The van der Waals surface area contributed by atoms with Crippen molar-refractivity contribution in [3.05, 3.63) is 24.3 Å². The lowest BCUT2D eigenvalue weighted by atomic mass is 9.72. The fourth-order valence-corrected chi connectivity index (χ4v) is 3.04. The van der Waals surface area contributed by atoms with E-state index >= 15 is 0 Å². The Kier molecular flexibility index (Phi) is 2.51. The number of nitrogens with zero attached hydrogens (tertiary/aromatic N) is 2. The number of rotatable bonds is 1. The maximum atomic E-state index is 5.71. The zero-order chi connectivity index (χ0) is 11.9. The monoisotopic (exact) mass is 231 g/mol. The molecule has 17 heavy (non-hydrogen) atoms. The van der Waals surface area contributed by atoms with Crippen molar-refractivity contribution in [2.45, 2.75) is 12.8 Å². The lowest BCUT2D eigenvalue weighted by Gasteiger charge is -2.54. The molecule has 0 aromatic heterocycles. The molecule has 92 valence electrons. The highest BCUT2D eigenvalue weighted by atomic mass is 15.2. The van der Waals surface area contributed by atoms with Crippen molar-refractivity contribution in [1.82, 2.24) is 4.90 Å². The molecule has 0 aliphatic carbocycles. The first-order chi connectivity index (χ1) is 8.17. The van der Waals surface area contributed by atoms with Crippen LogP contribution in [0.15, 0.2) is 24.3 Å². The summed E-state index contributed by atoms with van der Waals surface area (Å²) in [6, 6.07) is 8.26. The zero-order valence-corrected chi connectivity index (χ0v) is 10.5. The number of nitrogens with two attached hydrogens (primary N) is 1. The first-order valence-electron chi connectivity index (χ1n) is 6.46. The molecule has 1 aromatic rings. The molecule has 2 aliphatic heterocycles. The quantitative estimate of drug-likeness (QED) is 0.748. The van der Waals surface area contributed by atoms with Gasteiger partial charge in [0.25, 0.3) is 0 Å². The van der Waals surface area contributed by atoms with Crippen molar-refractivity contribution in [3.8, 4) is 0 Å². The number of piperidine rings is 1. The summed E-state index contributed by atoms with van der Waals surface area (Å²) in [6.45, 7) is 4.97. The molecule has 3 heteroatoms. The van der Waals surface area contributed by atoms with Crippen LogP contribution in [0.4, 0.5) is 11.4 Å². The summed E-state index contributed by atoms with van der Waals surface area (Å²) in [6.07, 6.45) is 2.71. The Morgan fingerprint density at radius 3 is 2.24 bits per heavy atom. The molecule has 2 aliphatic rings. The van der Waals surface area contributed by atoms with Crippen molar-refractivity contribution < 1.29 is 0 Å². The minimum absolute atomic E-state index is 0.605. The van der Waals surface area contributed by atoms with Gasteiger partial charge in [0, 0.05) is 29.9 Å². The van der Waals surface area contributed by atoms with E-state index in [2.05, 4.69) is 29.0 Å². The van der Waals surface area contributed by atoms with Crippen LogP contribution in [0.5, 0.6) is 0 Å². The van der Waals surface area contributed by atoms with E-state index in [9.17, 15) is 0 Å². The number of hydrogen-bond donors (Lipinski definition) is 1. The molecule has 0 atom stereocenters. The van der Waals surface area contributed by atoms with Gasteiger partial charge in [0.1, 0.15) is 0 Å². The van der Waals surface area contributed by atoms with Gasteiger partial charge in [-0.2, -0.15) is 0 Å². The Morgan fingerprint density at radius 1 is 1.06 bits per heavy atom. The van der Waals surface area contributed by atoms with E-state index in [1.807, 2.05) is 12.1 Å². The average molecular weight is 231 g/mol. The van der Waals surface area contributed by atoms with E-state index in [1.165, 1.54) is 44.7 Å². The van der Waals surface area contributed by atoms with E-state index in [1.54, 1.807) is 0 Å². The molecule has 0 saturated carbocycles. The fraction of sp³-hybridized carbons (Fsp3) is 0.571. The first-order valence-corrected chi connectivity index (χ1v) is 6.46. The second-order valence-electron chi connectivity index (χ2n) is 5.75. The Balaban J connectivity index is 1.62. The van der Waals surface area contributed by atoms with Crippen molar-refractivity contribution in [3.63, 3.8) is 0 Å².